The molecule has 1 aromatic carbocycles. The number of benzene rings is 1. The number of hydrogen-bond donors (Lipinski definition) is 1. The number of hydrogen-bond acceptors (Lipinski definition) is 3. The predicted octanol–water partition coefficient (Wildman–Crippen LogP) is 2.47. The molecule has 1 saturated heterocycles. The largest absolute Gasteiger partial charge is 0.374 e. The molecule has 6 heteroatoms. The van der Waals surface area contributed by atoms with E-state index in [1.807, 2.05) is 13.8 Å². The van der Waals surface area contributed by atoms with Crippen LogP contribution >= 0.6 is 0 Å². The molecule has 3 nitrogen and oxygen atoms in total. The van der Waals surface area contributed by atoms with Crippen molar-refractivity contribution in [2.24, 2.45) is 0 Å². The molecule has 0 spiro atoms. The Kier molecular flexibility index (Phi) is 5.24. The van der Waals surface area contributed by atoms with Crippen LogP contribution in [0.2, 0.25) is 0 Å². The highest BCUT2D eigenvalue weighted by Gasteiger charge is 2.35. The summed E-state index contributed by atoms with van der Waals surface area (Å²) in [5, 5.41) is 3.02. The fraction of sp³-hybridized carbons (Fsp3) is 0.600. The quantitative estimate of drug-likeness (QED) is 0.865. The number of halogens is 3. The maximum Gasteiger partial charge on any atom is 0.194 e. The van der Waals surface area contributed by atoms with Crippen LogP contribution < -0.4 is 5.32 Å². The van der Waals surface area contributed by atoms with Gasteiger partial charge >= 0.3 is 0 Å². The van der Waals surface area contributed by atoms with Crippen molar-refractivity contribution in [3.05, 3.63) is 35.1 Å². The average molecular weight is 302 g/mol. The number of morpholine rings is 1. The van der Waals surface area contributed by atoms with E-state index in [4.69, 9.17) is 4.74 Å². The van der Waals surface area contributed by atoms with Crippen LogP contribution in [0.15, 0.2) is 12.1 Å². The summed E-state index contributed by atoms with van der Waals surface area (Å²) in [6.07, 6.45) is -0.240. The van der Waals surface area contributed by atoms with Crippen molar-refractivity contribution < 1.29 is 17.9 Å². The summed E-state index contributed by atoms with van der Waals surface area (Å²) >= 11 is 0. The monoisotopic (exact) mass is 302 g/mol. The summed E-state index contributed by atoms with van der Waals surface area (Å²) in [5.74, 6) is -3.76. The topological polar surface area (TPSA) is 24.5 Å². The van der Waals surface area contributed by atoms with Crippen molar-refractivity contribution in [1.82, 2.24) is 10.2 Å². The van der Waals surface area contributed by atoms with Crippen molar-refractivity contribution in [2.75, 3.05) is 26.7 Å². The van der Waals surface area contributed by atoms with E-state index in [0.29, 0.717) is 25.3 Å². The van der Waals surface area contributed by atoms with Crippen LogP contribution in [0, 0.1) is 17.5 Å². The van der Waals surface area contributed by atoms with Gasteiger partial charge in [-0.3, -0.25) is 4.90 Å². The Balaban J connectivity index is 2.42. The second kappa shape index (κ2) is 6.77. The van der Waals surface area contributed by atoms with Gasteiger partial charge in [0, 0.05) is 19.1 Å². The summed E-state index contributed by atoms with van der Waals surface area (Å²) in [6, 6.07) is 2.01. The number of nitrogens with zero attached hydrogens (tertiary/aromatic N) is 1. The number of likely N-dealkylation sites (N-methyl/N-ethyl adjacent to an activating group) is 1. The minimum atomic E-state index is -1.43. The van der Waals surface area contributed by atoms with E-state index in [2.05, 4.69) is 10.2 Å². The molecule has 2 unspecified atom stereocenters. The molecule has 0 bridgehead atoms. The third kappa shape index (κ3) is 3.39. The lowest BCUT2D eigenvalue weighted by atomic mass is 9.96. The van der Waals surface area contributed by atoms with Gasteiger partial charge in [-0.2, -0.15) is 0 Å². The van der Waals surface area contributed by atoms with E-state index < -0.39 is 17.5 Å². The molecular formula is C15H21F3N2O. The van der Waals surface area contributed by atoms with Gasteiger partial charge in [0.1, 0.15) is 0 Å². The van der Waals surface area contributed by atoms with Crippen LogP contribution in [0.3, 0.4) is 0 Å². The molecule has 2 atom stereocenters. The van der Waals surface area contributed by atoms with Crippen LogP contribution in [0.25, 0.3) is 0 Å². The Morgan fingerprint density at radius 1 is 1.29 bits per heavy atom. The number of ether oxygens (including phenoxy) is 1. The lowest BCUT2D eigenvalue weighted by Gasteiger charge is -2.43. The Hall–Kier alpha value is -1.11. The molecule has 0 saturated carbocycles. The van der Waals surface area contributed by atoms with Gasteiger partial charge in [0.2, 0.25) is 0 Å². The maximum atomic E-state index is 13.5. The Morgan fingerprint density at radius 3 is 2.43 bits per heavy atom. The highest BCUT2D eigenvalue weighted by Crippen LogP contribution is 2.32. The SMILES string of the molecule is CNCC1OCCN(C(C)C)C1c1cc(F)c(F)c(F)c1. The first-order valence-electron chi connectivity index (χ1n) is 7.12. The first-order chi connectivity index (χ1) is 9.95. The van der Waals surface area contributed by atoms with Gasteiger partial charge in [0.25, 0.3) is 0 Å². The predicted molar refractivity (Wildman–Crippen MR) is 74.6 cm³/mol. The van der Waals surface area contributed by atoms with Crippen LogP contribution in [0.1, 0.15) is 25.5 Å². The van der Waals surface area contributed by atoms with E-state index in [1.54, 1.807) is 7.05 Å². The fourth-order valence-electron chi connectivity index (χ4n) is 2.86. The van der Waals surface area contributed by atoms with E-state index in [1.165, 1.54) is 0 Å². The minimum Gasteiger partial charge on any atom is -0.374 e. The normalized spacial score (nSPS) is 23.8. The van der Waals surface area contributed by atoms with Crippen molar-refractivity contribution >= 4 is 0 Å². The summed E-state index contributed by atoms with van der Waals surface area (Å²) in [4.78, 5) is 2.12. The highest BCUT2D eigenvalue weighted by molar-refractivity contribution is 5.24. The number of nitrogens with one attached hydrogen (secondary N) is 1. The molecule has 0 aromatic heterocycles. The van der Waals surface area contributed by atoms with Gasteiger partial charge in [0.05, 0.1) is 18.8 Å². The third-order valence-corrected chi connectivity index (χ3v) is 3.81. The van der Waals surface area contributed by atoms with Crippen LogP contribution in [0.5, 0.6) is 0 Å². The smallest absolute Gasteiger partial charge is 0.194 e. The van der Waals surface area contributed by atoms with Crippen LogP contribution in [-0.4, -0.2) is 43.8 Å². The summed E-state index contributed by atoms with van der Waals surface area (Å²) < 4.78 is 46.0. The van der Waals surface area contributed by atoms with Crippen molar-refractivity contribution in [1.29, 1.82) is 0 Å². The van der Waals surface area contributed by atoms with Crippen molar-refractivity contribution in [3.8, 4) is 0 Å². The van der Waals surface area contributed by atoms with Gasteiger partial charge in [-0.25, -0.2) is 13.2 Å². The molecule has 2 rings (SSSR count). The lowest BCUT2D eigenvalue weighted by molar-refractivity contribution is -0.0817. The molecule has 0 aliphatic carbocycles. The minimum absolute atomic E-state index is 0.189. The summed E-state index contributed by atoms with van der Waals surface area (Å²) in [5.41, 5.74) is 0.403. The molecule has 118 valence electrons. The molecule has 1 aliphatic rings. The number of rotatable bonds is 4. The molecule has 21 heavy (non-hydrogen) atoms. The van der Waals surface area contributed by atoms with E-state index in [9.17, 15) is 13.2 Å². The van der Waals surface area contributed by atoms with Crippen LogP contribution in [0.4, 0.5) is 13.2 Å². The van der Waals surface area contributed by atoms with E-state index in [0.717, 1.165) is 12.1 Å². The average Bonchev–Trinajstić information content (AvgIpc) is 2.44. The molecule has 1 fully saturated rings. The van der Waals surface area contributed by atoms with Gasteiger partial charge in [-0.05, 0) is 38.6 Å². The van der Waals surface area contributed by atoms with E-state index >= 15 is 0 Å². The summed E-state index contributed by atoms with van der Waals surface area (Å²) in [6.45, 7) is 5.82. The fourth-order valence-corrected chi connectivity index (χ4v) is 2.86. The zero-order chi connectivity index (χ0) is 15.6. The van der Waals surface area contributed by atoms with Crippen LogP contribution in [-0.2, 0) is 4.74 Å². The molecule has 0 radical (unpaired) electrons. The van der Waals surface area contributed by atoms with Crippen molar-refractivity contribution in [2.45, 2.75) is 32.0 Å². The van der Waals surface area contributed by atoms with Gasteiger partial charge in [-0.15, -0.1) is 0 Å². The lowest BCUT2D eigenvalue weighted by Crippen LogP contribution is -2.51. The molecule has 1 aliphatic heterocycles. The zero-order valence-electron chi connectivity index (χ0n) is 12.5. The first-order valence-corrected chi connectivity index (χ1v) is 7.12. The summed E-state index contributed by atoms with van der Waals surface area (Å²) in [7, 11) is 1.79. The molecule has 1 heterocycles. The molecular weight excluding hydrogens is 281 g/mol. The molecule has 1 N–H and O–H groups in total. The second-order valence-corrected chi connectivity index (χ2v) is 5.54. The first kappa shape index (κ1) is 16.3. The third-order valence-electron chi connectivity index (χ3n) is 3.81. The Morgan fingerprint density at radius 2 is 1.90 bits per heavy atom. The van der Waals surface area contributed by atoms with Gasteiger partial charge in [0.15, 0.2) is 17.5 Å². The highest BCUT2D eigenvalue weighted by atomic mass is 19.2. The molecule has 0 amide bonds. The van der Waals surface area contributed by atoms with Crippen molar-refractivity contribution in [3.63, 3.8) is 0 Å². The molecule has 1 aromatic rings. The second-order valence-electron chi connectivity index (χ2n) is 5.54. The Bertz CT molecular complexity index is 471. The standard InChI is InChI=1S/C15H21F3N2O/c1-9(2)20-4-5-21-13(8-19-3)15(20)10-6-11(16)14(18)12(17)7-10/h6-7,9,13,15,19H,4-5,8H2,1-3H3. The zero-order valence-corrected chi connectivity index (χ0v) is 12.5. The maximum absolute atomic E-state index is 13.5. The Labute approximate surface area is 123 Å². The van der Waals surface area contributed by atoms with Gasteiger partial charge < -0.3 is 10.1 Å². The van der Waals surface area contributed by atoms with E-state index in [-0.39, 0.29) is 18.2 Å². The van der Waals surface area contributed by atoms with Gasteiger partial charge in [-0.1, -0.05) is 0 Å².